The fourth-order valence-corrected chi connectivity index (χ4v) is 4.01. The fraction of sp³-hybridized carbons (Fsp3) is 0.647. The molecule has 2 aliphatic rings. The van der Waals surface area contributed by atoms with Crippen molar-refractivity contribution in [1.29, 1.82) is 0 Å². The topological polar surface area (TPSA) is 35.2 Å². The van der Waals surface area contributed by atoms with Crippen LogP contribution < -0.4 is 10.5 Å². The summed E-state index contributed by atoms with van der Waals surface area (Å²) >= 11 is 6.06. The SMILES string of the molecule is CC(C)C1CCC2(CC1)CC(N)c1cc(Cl)ccc1O2. The van der Waals surface area contributed by atoms with Crippen molar-refractivity contribution in [2.24, 2.45) is 17.6 Å². The molecule has 1 unspecified atom stereocenters. The van der Waals surface area contributed by atoms with Crippen molar-refractivity contribution in [3.8, 4) is 5.75 Å². The summed E-state index contributed by atoms with van der Waals surface area (Å²) in [4.78, 5) is 0. The van der Waals surface area contributed by atoms with E-state index in [1.165, 1.54) is 12.8 Å². The summed E-state index contributed by atoms with van der Waals surface area (Å²) in [5.41, 5.74) is 7.40. The van der Waals surface area contributed by atoms with Crippen molar-refractivity contribution in [2.45, 2.75) is 57.6 Å². The van der Waals surface area contributed by atoms with E-state index in [4.69, 9.17) is 22.1 Å². The summed E-state index contributed by atoms with van der Waals surface area (Å²) < 4.78 is 6.38. The molecular formula is C17H24ClNO. The van der Waals surface area contributed by atoms with Crippen LogP contribution in [0.2, 0.25) is 5.02 Å². The second-order valence-electron chi connectivity index (χ2n) is 6.86. The minimum atomic E-state index is -0.0361. The van der Waals surface area contributed by atoms with Gasteiger partial charge in [-0.15, -0.1) is 0 Å². The Morgan fingerprint density at radius 1 is 1.30 bits per heavy atom. The maximum Gasteiger partial charge on any atom is 0.125 e. The van der Waals surface area contributed by atoms with Gasteiger partial charge in [0.2, 0.25) is 0 Å². The summed E-state index contributed by atoms with van der Waals surface area (Å²) in [6.45, 7) is 4.65. The molecule has 110 valence electrons. The number of rotatable bonds is 1. The van der Waals surface area contributed by atoms with E-state index in [1.54, 1.807) is 0 Å². The molecule has 1 saturated carbocycles. The van der Waals surface area contributed by atoms with E-state index in [2.05, 4.69) is 13.8 Å². The van der Waals surface area contributed by atoms with Crippen LogP contribution in [0.15, 0.2) is 18.2 Å². The summed E-state index contributed by atoms with van der Waals surface area (Å²) in [6.07, 6.45) is 5.70. The van der Waals surface area contributed by atoms with E-state index in [0.717, 1.165) is 47.4 Å². The molecule has 0 radical (unpaired) electrons. The van der Waals surface area contributed by atoms with Gasteiger partial charge in [-0.3, -0.25) is 0 Å². The zero-order valence-corrected chi connectivity index (χ0v) is 13.1. The van der Waals surface area contributed by atoms with E-state index >= 15 is 0 Å². The first kappa shape index (κ1) is 14.2. The molecule has 20 heavy (non-hydrogen) atoms. The number of ether oxygens (including phenoxy) is 1. The van der Waals surface area contributed by atoms with E-state index < -0.39 is 0 Å². The minimum Gasteiger partial charge on any atom is -0.487 e. The summed E-state index contributed by atoms with van der Waals surface area (Å²) in [5, 5.41) is 0.738. The van der Waals surface area contributed by atoms with Gasteiger partial charge in [-0.2, -0.15) is 0 Å². The highest BCUT2D eigenvalue weighted by Crippen LogP contribution is 2.47. The molecule has 1 aliphatic heterocycles. The van der Waals surface area contributed by atoms with Gasteiger partial charge in [0.1, 0.15) is 11.4 Å². The molecule has 1 aliphatic carbocycles. The van der Waals surface area contributed by atoms with Gasteiger partial charge in [-0.05, 0) is 55.7 Å². The van der Waals surface area contributed by atoms with Gasteiger partial charge in [0, 0.05) is 23.0 Å². The Morgan fingerprint density at radius 3 is 2.65 bits per heavy atom. The van der Waals surface area contributed by atoms with Gasteiger partial charge in [0.05, 0.1) is 0 Å². The van der Waals surface area contributed by atoms with Crippen LogP contribution in [0.25, 0.3) is 0 Å². The maximum absolute atomic E-state index is 6.38. The molecule has 1 heterocycles. The van der Waals surface area contributed by atoms with Crippen LogP contribution in [0, 0.1) is 11.8 Å². The Balaban J connectivity index is 1.80. The van der Waals surface area contributed by atoms with Gasteiger partial charge in [-0.25, -0.2) is 0 Å². The first-order valence-electron chi connectivity index (χ1n) is 7.73. The molecule has 2 nitrogen and oxygen atoms in total. The van der Waals surface area contributed by atoms with Crippen molar-refractivity contribution in [3.05, 3.63) is 28.8 Å². The van der Waals surface area contributed by atoms with Crippen LogP contribution in [-0.2, 0) is 0 Å². The van der Waals surface area contributed by atoms with Crippen molar-refractivity contribution in [1.82, 2.24) is 0 Å². The third-order valence-corrected chi connectivity index (χ3v) is 5.41. The normalized spacial score (nSPS) is 33.0. The van der Waals surface area contributed by atoms with E-state index in [9.17, 15) is 0 Å². The number of benzene rings is 1. The number of hydrogen-bond acceptors (Lipinski definition) is 2. The molecule has 1 spiro atoms. The zero-order chi connectivity index (χ0) is 14.3. The molecular weight excluding hydrogens is 270 g/mol. The molecule has 1 atom stereocenters. The molecule has 0 aromatic heterocycles. The van der Waals surface area contributed by atoms with Gasteiger partial charge in [0.25, 0.3) is 0 Å². The minimum absolute atomic E-state index is 0.0361. The van der Waals surface area contributed by atoms with Gasteiger partial charge >= 0.3 is 0 Å². The zero-order valence-electron chi connectivity index (χ0n) is 12.4. The van der Waals surface area contributed by atoms with E-state index in [1.807, 2.05) is 18.2 Å². The van der Waals surface area contributed by atoms with Crippen molar-refractivity contribution >= 4 is 11.6 Å². The second kappa shape index (κ2) is 5.23. The van der Waals surface area contributed by atoms with Crippen molar-refractivity contribution in [3.63, 3.8) is 0 Å². The third kappa shape index (κ3) is 2.56. The molecule has 2 N–H and O–H groups in total. The standard InChI is InChI=1S/C17H24ClNO/c1-11(2)12-5-7-17(8-6-12)10-15(19)14-9-13(18)3-4-16(14)20-17/h3-4,9,11-12,15H,5-8,10,19H2,1-2H3. The van der Waals surface area contributed by atoms with Crippen molar-refractivity contribution < 1.29 is 4.74 Å². The summed E-state index contributed by atoms with van der Waals surface area (Å²) in [7, 11) is 0. The first-order valence-corrected chi connectivity index (χ1v) is 8.11. The largest absolute Gasteiger partial charge is 0.487 e. The van der Waals surface area contributed by atoms with Crippen LogP contribution in [0.3, 0.4) is 0 Å². The molecule has 0 amide bonds. The Kier molecular flexibility index (Phi) is 3.72. The maximum atomic E-state index is 6.38. The lowest BCUT2D eigenvalue weighted by molar-refractivity contribution is -0.0160. The molecule has 0 saturated heterocycles. The molecule has 1 aromatic carbocycles. The van der Waals surface area contributed by atoms with Gasteiger partial charge < -0.3 is 10.5 Å². The average Bonchev–Trinajstić information content (AvgIpc) is 2.40. The highest BCUT2D eigenvalue weighted by atomic mass is 35.5. The van der Waals surface area contributed by atoms with Crippen LogP contribution in [-0.4, -0.2) is 5.60 Å². The highest BCUT2D eigenvalue weighted by molar-refractivity contribution is 6.30. The fourth-order valence-electron chi connectivity index (χ4n) is 3.83. The molecule has 1 aromatic rings. The number of halogens is 1. The van der Waals surface area contributed by atoms with Gasteiger partial charge in [-0.1, -0.05) is 25.4 Å². The monoisotopic (exact) mass is 293 g/mol. The van der Waals surface area contributed by atoms with Crippen LogP contribution in [0.1, 0.15) is 57.6 Å². The highest BCUT2D eigenvalue weighted by Gasteiger charge is 2.43. The molecule has 3 heteroatoms. The molecule has 3 rings (SSSR count). The number of fused-ring (bicyclic) bond motifs is 1. The van der Waals surface area contributed by atoms with Gasteiger partial charge in [0.15, 0.2) is 0 Å². The lowest BCUT2D eigenvalue weighted by atomic mass is 9.71. The van der Waals surface area contributed by atoms with Crippen LogP contribution in [0.4, 0.5) is 0 Å². The lowest BCUT2D eigenvalue weighted by Crippen LogP contribution is -2.46. The Labute approximate surface area is 126 Å². The molecule has 1 fully saturated rings. The van der Waals surface area contributed by atoms with Crippen LogP contribution >= 0.6 is 11.6 Å². The average molecular weight is 294 g/mol. The summed E-state index contributed by atoms with van der Waals surface area (Å²) in [5.74, 6) is 2.55. The smallest absolute Gasteiger partial charge is 0.125 e. The Morgan fingerprint density at radius 2 is 2.00 bits per heavy atom. The number of hydrogen-bond donors (Lipinski definition) is 1. The van der Waals surface area contributed by atoms with Crippen LogP contribution in [0.5, 0.6) is 5.75 Å². The lowest BCUT2D eigenvalue weighted by Gasteiger charge is -2.46. The third-order valence-electron chi connectivity index (χ3n) is 5.17. The van der Waals surface area contributed by atoms with E-state index in [0.29, 0.717) is 0 Å². The summed E-state index contributed by atoms with van der Waals surface area (Å²) in [6, 6.07) is 5.88. The second-order valence-corrected chi connectivity index (χ2v) is 7.30. The first-order chi connectivity index (χ1) is 9.49. The number of nitrogens with two attached hydrogens (primary N) is 1. The van der Waals surface area contributed by atoms with E-state index in [-0.39, 0.29) is 11.6 Å². The predicted molar refractivity (Wildman–Crippen MR) is 83.2 cm³/mol. The predicted octanol–water partition coefficient (Wildman–Crippen LogP) is 4.71. The molecule has 0 bridgehead atoms. The van der Waals surface area contributed by atoms with Crippen molar-refractivity contribution in [2.75, 3.05) is 0 Å². The quantitative estimate of drug-likeness (QED) is 0.814. The Hall–Kier alpha value is -0.730. The Bertz CT molecular complexity index is 492.